The third kappa shape index (κ3) is 2.78. The van der Waals surface area contributed by atoms with Gasteiger partial charge in [-0.3, -0.25) is 0 Å². The SMILES string of the molecule is OC/C(=C/c1cccc2ccccc12)C1CCCCC1. The van der Waals surface area contributed by atoms with Gasteiger partial charge in [-0.2, -0.15) is 0 Å². The molecule has 1 heteroatoms. The molecule has 1 saturated carbocycles. The van der Waals surface area contributed by atoms with Crippen LogP contribution in [0.15, 0.2) is 48.0 Å². The van der Waals surface area contributed by atoms with Crippen molar-refractivity contribution in [3.8, 4) is 0 Å². The zero-order chi connectivity index (χ0) is 13.8. The zero-order valence-corrected chi connectivity index (χ0v) is 11.9. The van der Waals surface area contributed by atoms with Crippen LogP contribution in [-0.2, 0) is 0 Å². The number of hydrogen-bond donors (Lipinski definition) is 1. The molecule has 0 unspecified atom stereocenters. The van der Waals surface area contributed by atoms with Crippen molar-refractivity contribution in [2.75, 3.05) is 6.61 Å². The summed E-state index contributed by atoms with van der Waals surface area (Å²) < 4.78 is 0. The largest absolute Gasteiger partial charge is 0.392 e. The molecule has 1 nitrogen and oxygen atoms in total. The van der Waals surface area contributed by atoms with Crippen LogP contribution < -0.4 is 0 Å². The highest BCUT2D eigenvalue weighted by Gasteiger charge is 2.17. The number of hydrogen-bond acceptors (Lipinski definition) is 1. The Hall–Kier alpha value is -1.60. The monoisotopic (exact) mass is 266 g/mol. The lowest BCUT2D eigenvalue weighted by molar-refractivity contribution is 0.295. The average Bonchev–Trinajstić information content (AvgIpc) is 2.53. The highest BCUT2D eigenvalue weighted by atomic mass is 16.3. The van der Waals surface area contributed by atoms with Crippen LogP contribution in [0.5, 0.6) is 0 Å². The van der Waals surface area contributed by atoms with E-state index in [1.807, 2.05) is 0 Å². The molecule has 0 bridgehead atoms. The first-order valence-electron chi connectivity index (χ1n) is 7.67. The molecule has 0 atom stereocenters. The Morgan fingerprint density at radius 1 is 1.00 bits per heavy atom. The summed E-state index contributed by atoms with van der Waals surface area (Å²) in [5.74, 6) is 0.577. The van der Waals surface area contributed by atoms with Crippen LogP contribution >= 0.6 is 0 Å². The van der Waals surface area contributed by atoms with Crippen molar-refractivity contribution in [2.24, 2.45) is 5.92 Å². The van der Waals surface area contributed by atoms with Gasteiger partial charge >= 0.3 is 0 Å². The van der Waals surface area contributed by atoms with E-state index in [-0.39, 0.29) is 6.61 Å². The summed E-state index contributed by atoms with van der Waals surface area (Å²) in [6.07, 6.45) is 8.64. The van der Waals surface area contributed by atoms with Crippen molar-refractivity contribution in [1.82, 2.24) is 0 Å². The summed E-state index contributed by atoms with van der Waals surface area (Å²) in [5.41, 5.74) is 2.44. The summed E-state index contributed by atoms with van der Waals surface area (Å²) in [6, 6.07) is 14.9. The van der Waals surface area contributed by atoms with Gasteiger partial charge in [0.25, 0.3) is 0 Å². The van der Waals surface area contributed by atoms with Gasteiger partial charge in [0, 0.05) is 0 Å². The Morgan fingerprint density at radius 2 is 1.75 bits per heavy atom. The molecule has 3 rings (SSSR count). The lowest BCUT2D eigenvalue weighted by Crippen LogP contribution is -2.11. The van der Waals surface area contributed by atoms with E-state index in [0.717, 1.165) is 0 Å². The topological polar surface area (TPSA) is 20.2 Å². The highest BCUT2D eigenvalue weighted by Crippen LogP contribution is 2.31. The maximum absolute atomic E-state index is 9.74. The Labute approximate surface area is 120 Å². The third-order valence-corrected chi connectivity index (χ3v) is 4.48. The molecule has 20 heavy (non-hydrogen) atoms. The van der Waals surface area contributed by atoms with Crippen molar-refractivity contribution < 1.29 is 5.11 Å². The van der Waals surface area contributed by atoms with E-state index in [1.165, 1.54) is 54.0 Å². The molecule has 0 radical (unpaired) electrons. The Bertz CT molecular complexity index is 601. The van der Waals surface area contributed by atoms with Crippen LogP contribution in [0, 0.1) is 5.92 Å². The molecule has 0 aromatic heterocycles. The first kappa shape index (κ1) is 13.4. The summed E-state index contributed by atoms with van der Waals surface area (Å²) in [6.45, 7) is 0.188. The summed E-state index contributed by atoms with van der Waals surface area (Å²) >= 11 is 0. The average molecular weight is 266 g/mol. The van der Waals surface area contributed by atoms with E-state index in [1.54, 1.807) is 0 Å². The van der Waals surface area contributed by atoms with Gasteiger partial charge in [0.05, 0.1) is 6.61 Å². The number of fused-ring (bicyclic) bond motifs is 1. The fourth-order valence-corrected chi connectivity index (χ4v) is 3.34. The first-order chi connectivity index (χ1) is 9.88. The summed E-state index contributed by atoms with van der Waals surface area (Å²) in [4.78, 5) is 0. The maximum Gasteiger partial charge on any atom is 0.0647 e. The lowest BCUT2D eigenvalue weighted by Gasteiger charge is -2.23. The highest BCUT2D eigenvalue weighted by molar-refractivity contribution is 5.90. The minimum Gasteiger partial charge on any atom is -0.392 e. The van der Waals surface area contributed by atoms with Gasteiger partial charge in [0.15, 0.2) is 0 Å². The van der Waals surface area contributed by atoms with E-state index in [4.69, 9.17) is 0 Å². The van der Waals surface area contributed by atoms with Gasteiger partial charge in [-0.05, 0) is 40.7 Å². The fourth-order valence-electron chi connectivity index (χ4n) is 3.34. The molecule has 0 aliphatic heterocycles. The third-order valence-electron chi connectivity index (χ3n) is 4.48. The van der Waals surface area contributed by atoms with Gasteiger partial charge in [-0.25, -0.2) is 0 Å². The summed E-state index contributed by atoms with van der Waals surface area (Å²) in [5, 5.41) is 12.3. The van der Waals surface area contributed by atoms with E-state index in [2.05, 4.69) is 48.5 Å². The van der Waals surface area contributed by atoms with Crippen molar-refractivity contribution in [3.63, 3.8) is 0 Å². The normalized spacial score (nSPS) is 17.6. The number of aliphatic hydroxyl groups is 1. The maximum atomic E-state index is 9.74. The van der Waals surface area contributed by atoms with Gasteiger partial charge in [-0.1, -0.05) is 67.8 Å². The molecular formula is C19H22O. The van der Waals surface area contributed by atoms with Crippen molar-refractivity contribution in [2.45, 2.75) is 32.1 Å². The van der Waals surface area contributed by atoms with Crippen LogP contribution in [0.3, 0.4) is 0 Å². The molecule has 0 spiro atoms. The van der Waals surface area contributed by atoms with Crippen molar-refractivity contribution in [3.05, 3.63) is 53.6 Å². The smallest absolute Gasteiger partial charge is 0.0647 e. The molecule has 0 amide bonds. The molecule has 0 heterocycles. The molecule has 2 aromatic carbocycles. The van der Waals surface area contributed by atoms with E-state index < -0.39 is 0 Å². The predicted molar refractivity (Wildman–Crippen MR) is 85.6 cm³/mol. The van der Waals surface area contributed by atoms with Crippen LogP contribution in [-0.4, -0.2) is 11.7 Å². The van der Waals surface area contributed by atoms with E-state index >= 15 is 0 Å². The molecule has 1 aliphatic carbocycles. The standard InChI is InChI=1S/C19H22O/c20-14-18(15-7-2-1-3-8-15)13-17-11-6-10-16-9-4-5-12-19(16)17/h4-6,9-13,15,20H,1-3,7-8,14H2/b18-13-. The van der Waals surface area contributed by atoms with Crippen LogP contribution in [0.25, 0.3) is 16.8 Å². The number of benzene rings is 2. The number of rotatable bonds is 3. The lowest BCUT2D eigenvalue weighted by atomic mass is 9.83. The summed E-state index contributed by atoms with van der Waals surface area (Å²) in [7, 11) is 0. The van der Waals surface area contributed by atoms with E-state index in [0.29, 0.717) is 5.92 Å². The van der Waals surface area contributed by atoms with Crippen molar-refractivity contribution in [1.29, 1.82) is 0 Å². The van der Waals surface area contributed by atoms with Gasteiger partial charge in [-0.15, -0.1) is 0 Å². The Kier molecular flexibility index (Phi) is 4.17. The van der Waals surface area contributed by atoms with E-state index in [9.17, 15) is 5.11 Å². The second-order valence-corrected chi connectivity index (χ2v) is 5.78. The zero-order valence-electron chi connectivity index (χ0n) is 11.9. The molecular weight excluding hydrogens is 244 g/mol. The minimum atomic E-state index is 0.188. The fraction of sp³-hybridized carbons (Fsp3) is 0.368. The van der Waals surface area contributed by atoms with Crippen molar-refractivity contribution >= 4 is 16.8 Å². The molecule has 1 fully saturated rings. The van der Waals surface area contributed by atoms with Crippen LogP contribution in [0.4, 0.5) is 0 Å². The molecule has 1 N–H and O–H groups in total. The second kappa shape index (κ2) is 6.23. The molecule has 104 valence electrons. The van der Waals surface area contributed by atoms with Crippen LogP contribution in [0.2, 0.25) is 0 Å². The quantitative estimate of drug-likeness (QED) is 0.846. The second-order valence-electron chi connectivity index (χ2n) is 5.78. The Balaban J connectivity index is 1.98. The Morgan fingerprint density at radius 3 is 2.55 bits per heavy atom. The van der Waals surface area contributed by atoms with Gasteiger partial charge in [0.2, 0.25) is 0 Å². The van der Waals surface area contributed by atoms with Crippen LogP contribution in [0.1, 0.15) is 37.7 Å². The molecule has 1 aliphatic rings. The molecule has 0 saturated heterocycles. The first-order valence-corrected chi connectivity index (χ1v) is 7.67. The molecule has 2 aromatic rings. The minimum absolute atomic E-state index is 0.188. The van der Waals surface area contributed by atoms with Gasteiger partial charge in [0.1, 0.15) is 0 Å². The van der Waals surface area contributed by atoms with Gasteiger partial charge < -0.3 is 5.11 Å². The number of aliphatic hydroxyl groups excluding tert-OH is 1. The predicted octanol–water partition coefficient (Wildman–Crippen LogP) is 4.80.